The number of halogens is 1. The van der Waals surface area contributed by atoms with Gasteiger partial charge in [-0.25, -0.2) is 14.1 Å². The van der Waals surface area contributed by atoms with Crippen molar-refractivity contribution < 1.29 is 4.39 Å². The van der Waals surface area contributed by atoms with Crippen molar-refractivity contribution in [2.45, 2.75) is 13.0 Å². The molecule has 2 aromatic rings. The third kappa shape index (κ3) is 2.00. The molecule has 86 valence electrons. The van der Waals surface area contributed by atoms with Crippen molar-refractivity contribution in [2.75, 3.05) is 0 Å². The second kappa shape index (κ2) is 4.31. The van der Waals surface area contributed by atoms with Gasteiger partial charge in [-0.1, -0.05) is 6.07 Å². The second-order valence-corrected chi connectivity index (χ2v) is 3.59. The maximum Gasteiger partial charge on any atom is 0.252 e. The van der Waals surface area contributed by atoms with E-state index in [1.165, 1.54) is 17.1 Å². The fourth-order valence-corrected chi connectivity index (χ4v) is 1.61. The van der Waals surface area contributed by atoms with Crippen LogP contribution < -0.4 is 5.73 Å². The molecule has 0 aliphatic carbocycles. The van der Waals surface area contributed by atoms with Gasteiger partial charge in [0, 0.05) is 11.6 Å². The number of aromatic nitrogens is 3. The van der Waals surface area contributed by atoms with Gasteiger partial charge < -0.3 is 5.73 Å². The minimum atomic E-state index is -0.471. The van der Waals surface area contributed by atoms with Crippen LogP contribution in [-0.4, -0.2) is 14.8 Å². The molecule has 2 N–H and O–H groups in total. The molecule has 6 heteroatoms. The number of hydrogen-bond acceptors (Lipinski definition) is 4. The third-order valence-corrected chi connectivity index (χ3v) is 2.32. The first kappa shape index (κ1) is 11.2. The summed E-state index contributed by atoms with van der Waals surface area (Å²) >= 11 is 0. The van der Waals surface area contributed by atoms with Gasteiger partial charge in [0.25, 0.3) is 5.82 Å². The normalized spacial score (nSPS) is 12.1. The summed E-state index contributed by atoms with van der Waals surface area (Å²) in [6, 6.07) is 5.92. The van der Waals surface area contributed by atoms with Gasteiger partial charge >= 0.3 is 0 Å². The molecule has 1 aromatic heterocycles. The van der Waals surface area contributed by atoms with Crippen LogP contribution in [0.3, 0.4) is 0 Å². The monoisotopic (exact) mass is 231 g/mol. The highest BCUT2D eigenvalue weighted by Gasteiger charge is 2.14. The van der Waals surface area contributed by atoms with Crippen LogP contribution in [0.2, 0.25) is 0 Å². The van der Waals surface area contributed by atoms with Crippen LogP contribution in [0.15, 0.2) is 24.5 Å². The molecule has 0 bridgehead atoms. The van der Waals surface area contributed by atoms with E-state index in [0.717, 1.165) is 0 Å². The highest BCUT2D eigenvalue weighted by molar-refractivity contribution is 5.42. The average Bonchev–Trinajstić information content (AvgIpc) is 2.76. The number of nitrogens with two attached hydrogens (primary N) is 1. The van der Waals surface area contributed by atoms with Crippen molar-refractivity contribution in [3.8, 4) is 11.8 Å². The van der Waals surface area contributed by atoms with Gasteiger partial charge in [-0.3, -0.25) is 0 Å². The van der Waals surface area contributed by atoms with Crippen LogP contribution in [0, 0.1) is 17.1 Å². The lowest BCUT2D eigenvalue weighted by Gasteiger charge is -2.12. The Labute approximate surface area is 97.3 Å². The molecule has 0 amide bonds. The summed E-state index contributed by atoms with van der Waals surface area (Å²) in [5.41, 5.74) is 6.57. The molecule has 2 rings (SSSR count). The maximum atomic E-state index is 13.7. The largest absolute Gasteiger partial charge is 0.324 e. The fraction of sp³-hybridized carbons (Fsp3) is 0.182. The Bertz CT molecular complexity index is 582. The van der Waals surface area contributed by atoms with Gasteiger partial charge in [0.1, 0.15) is 18.2 Å². The zero-order valence-corrected chi connectivity index (χ0v) is 9.13. The zero-order valence-electron chi connectivity index (χ0n) is 9.13. The lowest BCUT2D eigenvalue weighted by atomic mass is 10.1. The fourth-order valence-electron chi connectivity index (χ4n) is 1.61. The van der Waals surface area contributed by atoms with Gasteiger partial charge in [0.05, 0.1) is 5.69 Å². The number of hydrogen-bond donors (Lipinski definition) is 1. The van der Waals surface area contributed by atoms with E-state index in [0.29, 0.717) is 11.3 Å². The predicted molar refractivity (Wildman–Crippen MR) is 58.6 cm³/mol. The number of nitriles is 1. The van der Waals surface area contributed by atoms with Crippen molar-refractivity contribution in [3.63, 3.8) is 0 Å². The Balaban J connectivity index is 2.59. The minimum absolute atomic E-state index is 0.0323. The molecule has 0 radical (unpaired) electrons. The van der Waals surface area contributed by atoms with Crippen molar-refractivity contribution in [1.82, 2.24) is 14.8 Å². The lowest BCUT2D eigenvalue weighted by molar-refractivity contribution is 0.589. The van der Waals surface area contributed by atoms with E-state index in [2.05, 4.69) is 10.1 Å². The molecule has 0 saturated heterocycles. The van der Waals surface area contributed by atoms with Crippen LogP contribution in [0.5, 0.6) is 0 Å². The van der Waals surface area contributed by atoms with Crippen molar-refractivity contribution in [3.05, 3.63) is 41.7 Å². The molecule has 0 spiro atoms. The van der Waals surface area contributed by atoms with E-state index >= 15 is 0 Å². The minimum Gasteiger partial charge on any atom is -0.324 e. The number of rotatable bonds is 2. The Hall–Kier alpha value is -2.26. The van der Waals surface area contributed by atoms with Gasteiger partial charge in [0.15, 0.2) is 0 Å². The average molecular weight is 231 g/mol. The van der Waals surface area contributed by atoms with Gasteiger partial charge in [-0.2, -0.15) is 5.26 Å². The quantitative estimate of drug-likeness (QED) is 0.844. The van der Waals surface area contributed by atoms with E-state index in [9.17, 15) is 4.39 Å². The summed E-state index contributed by atoms with van der Waals surface area (Å²) in [6.45, 7) is 1.68. The molecule has 1 atom stereocenters. The van der Waals surface area contributed by atoms with Crippen LogP contribution >= 0.6 is 0 Å². The van der Waals surface area contributed by atoms with Crippen LogP contribution in [0.1, 0.15) is 24.4 Å². The SMILES string of the molecule is C[C@@H](N)c1c(F)cccc1-n1cnc(C#N)n1. The van der Waals surface area contributed by atoms with Crippen LogP contribution in [0.25, 0.3) is 5.69 Å². The van der Waals surface area contributed by atoms with Crippen molar-refractivity contribution >= 4 is 0 Å². The van der Waals surface area contributed by atoms with Crippen LogP contribution in [0.4, 0.5) is 4.39 Å². The molecule has 0 fully saturated rings. The first-order chi connectivity index (χ1) is 8.13. The molecule has 17 heavy (non-hydrogen) atoms. The molecule has 0 aliphatic heterocycles. The maximum absolute atomic E-state index is 13.7. The van der Waals surface area contributed by atoms with E-state index in [1.54, 1.807) is 19.1 Å². The molecule has 1 heterocycles. The summed E-state index contributed by atoms with van der Waals surface area (Å²) in [7, 11) is 0. The summed E-state index contributed by atoms with van der Waals surface area (Å²) in [4.78, 5) is 3.77. The van der Waals surface area contributed by atoms with Crippen molar-refractivity contribution in [1.29, 1.82) is 5.26 Å². The molecular formula is C11H10FN5. The van der Waals surface area contributed by atoms with Crippen LogP contribution in [-0.2, 0) is 0 Å². The summed E-state index contributed by atoms with van der Waals surface area (Å²) in [5.74, 6) is -0.364. The van der Waals surface area contributed by atoms with Crippen molar-refractivity contribution in [2.24, 2.45) is 5.73 Å². The standard InChI is InChI=1S/C11H10FN5/c1-7(14)11-8(12)3-2-4-9(11)17-6-15-10(5-13)16-17/h2-4,6-7H,14H2,1H3/t7-/m1/s1. The van der Waals surface area contributed by atoms with E-state index in [-0.39, 0.29) is 5.82 Å². The first-order valence-electron chi connectivity index (χ1n) is 4.99. The van der Waals surface area contributed by atoms with Gasteiger partial charge in [0.2, 0.25) is 0 Å². The summed E-state index contributed by atoms with van der Waals surface area (Å²) in [5, 5.41) is 12.5. The highest BCUT2D eigenvalue weighted by atomic mass is 19.1. The van der Waals surface area contributed by atoms with Gasteiger partial charge in [-0.05, 0) is 19.1 Å². The first-order valence-corrected chi connectivity index (χ1v) is 4.99. The van der Waals surface area contributed by atoms with E-state index in [4.69, 9.17) is 11.0 Å². The zero-order chi connectivity index (χ0) is 12.4. The molecule has 0 aliphatic rings. The van der Waals surface area contributed by atoms with E-state index < -0.39 is 11.9 Å². The Kier molecular flexibility index (Phi) is 2.85. The lowest BCUT2D eigenvalue weighted by Crippen LogP contribution is -2.12. The Morgan fingerprint density at radius 2 is 2.29 bits per heavy atom. The topological polar surface area (TPSA) is 80.5 Å². The molecule has 0 saturated carbocycles. The molecule has 0 unspecified atom stereocenters. The molecule has 5 nitrogen and oxygen atoms in total. The molecular weight excluding hydrogens is 221 g/mol. The summed E-state index contributed by atoms with van der Waals surface area (Å²) < 4.78 is 15.0. The highest BCUT2D eigenvalue weighted by Crippen LogP contribution is 2.22. The summed E-state index contributed by atoms with van der Waals surface area (Å²) in [6.07, 6.45) is 1.36. The Morgan fingerprint density at radius 3 is 2.88 bits per heavy atom. The van der Waals surface area contributed by atoms with E-state index in [1.807, 2.05) is 6.07 Å². The number of benzene rings is 1. The second-order valence-electron chi connectivity index (χ2n) is 3.59. The third-order valence-electron chi connectivity index (χ3n) is 2.32. The predicted octanol–water partition coefficient (Wildman–Crippen LogP) is 1.30. The Morgan fingerprint density at radius 1 is 1.53 bits per heavy atom. The number of nitrogens with zero attached hydrogens (tertiary/aromatic N) is 4. The smallest absolute Gasteiger partial charge is 0.252 e. The molecule has 1 aromatic carbocycles. The van der Waals surface area contributed by atoms with Gasteiger partial charge in [-0.15, -0.1) is 5.10 Å².